The number of carbonyl (C=O) groups is 1. The summed E-state index contributed by atoms with van der Waals surface area (Å²) in [7, 11) is 0. The van der Waals surface area contributed by atoms with Crippen LogP contribution in [0.5, 0.6) is 0 Å². The maximum absolute atomic E-state index is 11.9. The highest BCUT2D eigenvalue weighted by Crippen LogP contribution is 2.19. The van der Waals surface area contributed by atoms with Crippen LogP contribution in [0.4, 0.5) is 0 Å². The molecule has 2 rings (SSSR count). The molecule has 1 heterocycles. The molecule has 0 aliphatic rings. The Balaban J connectivity index is 2.78. The number of fused-ring (bicyclic) bond motifs is 1. The monoisotopic (exact) mass is 232 g/mol. The van der Waals surface area contributed by atoms with Crippen molar-refractivity contribution < 1.29 is 14.3 Å². The van der Waals surface area contributed by atoms with E-state index >= 15 is 0 Å². The Kier molecular flexibility index (Phi) is 2.71. The number of benzene rings is 1. The van der Waals surface area contributed by atoms with Gasteiger partial charge in [-0.05, 0) is 23.6 Å². The Hall–Kier alpha value is -2.10. The van der Waals surface area contributed by atoms with Gasteiger partial charge in [0.05, 0.1) is 5.39 Å². The van der Waals surface area contributed by atoms with E-state index in [2.05, 4.69) is 0 Å². The van der Waals surface area contributed by atoms with Gasteiger partial charge in [0.2, 0.25) is 5.43 Å². The molecule has 4 nitrogen and oxygen atoms in total. The first-order chi connectivity index (χ1) is 8.00. The van der Waals surface area contributed by atoms with Gasteiger partial charge in [0, 0.05) is 0 Å². The Bertz CT molecular complexity index is 637. The smallest absolute Gasteiger partial charge is 0.342 e. The Morgan fingerprint density at radius 1 is 1.35 bits per heavy atom. The molecule has 0 unspecified atom stereocenters. The van der Waals surface area contributed by atoms with Crippen molar-refractivity contribution in [3.05, 3.63) is 45.8 Å². The molecular weight excluding hydrogens is 220 g/mol. The van der Waals surface area contributed by atoms with E-state index in [-0.39, 0.29) is 11.5 Å². The third kappa shape index (κ3) is 1.93. The van der Waals surface area contributed by atoms with Crippen LogP contribution >= 0.6 is 0 Å². The van der Waals surface area contributed by atoms with Crippen molar-refractivity contribution in [3.63, 3.8) is 0 Å². The van der Waals surface area contributed by atoms with Gasteiger partial charge in [0.15, 0.2) is 0 Å². The Labute approximate surface area is 97.5 Å². The fourth-order valence-electron chi connectivity index (χ4n) is 1.66. The average molecular weight is 232 g/mol. The zero-order valence-electron chi connectivity index (χ0n) is 9.56. The van der Waals surface area contributed by atoms with Crippen molar-refractivity contribution in [3.8, 4) is 0 Å². The molecule has 17 heavy (non-hydrogen) atoms. The van der Waals surface area contributed by atoms with Gasteiger partial charge in [-0.1, -0.05) is 19.9 Å². The minimum atomic E-state index is -1.27. The number of carboxylic acid groups (broad SMARTS) is 1. The number of carboxylic acids is 1. The minimum Gasteiger partial charge on any atom is -0.477 e. The fraction of sp³-hybridized carbons (Fsp3) is 0.231. The van der Waals surface area contributed by atoms with E-state index in [4.69, 9.17) is 9.52 Å². The molecule has 0 aliphatic carbocycles. The van der Waals surface area contributed by atoms with E-state index in [1.807, 2.05) is 19.9 Å². The molecule has 0 fully saturated rings. The van der Waals surface area contributed by atoms with Gasteiger partial charge in [-0.2, -0.15) is 0 Å². The predicted molar refractivity (Wildman–Crippen MR) is 63.5 cm³/mol. The summed E-state index contributed by atoms with van der Waals surface area (Å²) in [4.78, 5) is 22.7. The van der Waals surface area contributed by atoms with Crippen molar-refractivity contribution >= 4 is 16.9 Å². The maximum atomic E-state index is 11.9. The Morgan fingerprint density at radius 2 is 2.06 bits per heavy atom. The molecule has 0 spiro atoms. The van der Waals surface area contributed by atoms with Crippen molar-refractivity contribution in [2.45, 2.75) is 19.8 Å². The first-order valence-corrected chi connectivity index (χ1v) is 5.29. The summed E-state index contributed by atoms with van der Waals surface area (Å²) < 4.78 is 5.14. The number of hydrogen-bond acceptors (Lipinski definition) is 3. The largest absolute Gasteiger partial charge is 0.477 e. The summed E-state index contributed by atoms with van der Waals surface area (Å²) >= 11 is 0. The summed E-state index contributed by atoms with van der Waals surface area (Å²) in [5.74, 6) is -0.997. The summed E-state index contributed by atoms with van der Waals surface area (Å²) in [6, 6.07) is 5.26. The lowest BCUT2D eigenvalue weighted by atomic mass is 10.0. The van der Waals surface area contributed by atoms with E-state index < -0.39 is 11.4 Å². The molecule has 0 saturated heterocycles. The molecule has 0 amide bonds. The van der Waals surface area contributed by atoms with E-state index in [0.717, 1.165) is 11.8 Å². The summed E-state index contributed by atoms with van der Waals surface area (Å²) in [5, 5.41) is 9.16. The molecule has 2 aromatic rings. The lowest BCUT2D eigenvalue weighted by Gasteiger charge is -2.06. The van der Waals surface area contributed by atoms with Crippen LogP contribution < -0.4 is 5.43 Å². The predicted octanol–water partition coefficient (Wildman–Crippen LogP) is 2.61. The summed E-state index contributed by atoms with van der Waals surface area (Å²) in [6.45, 7) is 4.01. The molecule has 1 aromatic carbocycles. The van der Waals surface area contributed by atoms with Gasteiger partial charge in [0.1, 0.15) is 17.4 Å². The zero-order chi connectivity index (χ0) is 12.6. The maximum Gasteiger partial charge on any atom is 0.342 e. The lowest BCUT2D eigenvalue weighted by Crippen LogP contribution is -2.14. The van der Waals surface area contributed by atoms with Gasteiger partial charge in [0.25, 0.3) is 0 Å². The van der Waals surface area contributed by atoms with Crippen molar-refractivity contribution in [1.82, 2.24) is 0 Å². The van der Waals surface area contributed by atoms with Crippen LogP contribution in [0.3, 0.4) is 0 Å². The molecule has 0 saturated carbocycles. The first-order valence-electron chi connectivity index (χ1n) is 5.29. The summed E-state index contributed by atoms with van der Waals surface area (Å²) in [5.41, 5.74) is 0.552. The van der Waals surface area contributed by atoms with Crippen LogP contribution in [0.1, 0.15) is 35.7 Å². The standard InChI is InChI=1S/C13H12O4/c1-7(2)8-3-4-11-9(5-8)12(14)10(6-17-11)13(15)16/h3-7H,1-2H3,(H,15,16). The number of aromatic carboxylic acids is 1. The van der Waals surface area contributed by atoms with Crippen LogP contribution in [-0.2, 0) is 0 Å². The normalized spacial score (nSPS) is 11.0. The van der Waals surface area contributed by atoms with E-state index in [0.29, 0.717) is 11.0 Å². The second-order valence-corrected chi connectivity index (χ2v) is 4.19. The van der Waals surface area contributed by atoms with Crippen LogP contribution in [-0.4, -0.2) is 11.1 Å². The fourth-order valence-corrected chi connectivity index (χ4v) is 1.66. The lowest BCUT2D eigenvalue weighted by molar-refractivity contribution is 0.0693. The molecule has 1 aromatic heterocycles. The molecule has 0 radical (unpaired) electrons. The molecule has 1 N–H and O–H groups in total. The second kappa shape index (κ2) is 4.05. The SMILES string of the molecule is CC(C)c1ccc2occ(C(=O)O)c(=O)c2c1. The topological polar surface area (TPSA) is 67.5 Å². The molecule has 88 valence electrons. The van der Waals surface area contributed by atoms with Crippen LogP contribution in [0.2, 0.25) is 0 Å². The van der Waals surface area contributed by atoms with Crippen LogP contribution in [0.25, 0.3) is 11.0 Å². The highest BCUT2D eigenvalue weighted by Gasteiger charge is 2.13. The quantitative estimate of drug-likeness (QED) is 0.864. The van der Waals surface area contributed by atoms with Gasteiger partial charge < -0.3 is 9.52 Å². The van der Waals surface area contributed by atoms with E-state index in [1.54, 1.807) is 12.1 Å². The molecule has 0 aliphatic heterocycles. The van der Waals surface area contributed by atoms with Gasteiger partial charge in [-0.15, -0.1) is 0 Å². The number of rotatable bonds is 2. The third-order valence-electron chi connectivity index (χ3n) is 2.69. The van der Waals surface area contributed by atoms with Gasteiger partial charge in [-0.25, -0.2) is 4.79 Å². The summed E-state index contributed by atoms with van der Waals surface area (Å²) in [6.07, 6.45) is 0.988. The van der Waals surface area contributed by atoms with E-state index in [1.165, 1.54) is 0 Å². The van der Waals surface area contributed by atoms with E-state index in [9.17, 15) is 9.59 Å². The zero-order valence-corrected chi connectivity index (χ0v) is 9.56. The minimum absolute atomic E-state index is 0.271. The van der Waals surface area contributed by atoms with Crippen molar-refractivity contribution in [2.24, 2.45) is 0 Å². The average Bonchev–Trinajstić information content (AvgIpc) is 2.28. The Morgan fingerprint density at radius 3 is 2.65 bits per heavy atom. The van der Waals surface area contributed by atoms with Crippen LogP contribution in [0.15, 0.2) is 33.7 Å². The molecule has 0 bridgehead atoms. The third-order valence-corrected chi connectivity index (χ3v) is 2.69. The highest BCUT2D eigenvalue weighted by atomic mass is 16.4. The van der Waals surface area contributed by atoms with Crippen molar-refractivity contribution in [1.29, 1.82) is 0 Å². The first kappa shape index (κ1) is 11.4. The van der Waals surface area contributed by atoms with Gasteiger partial charge >= 0.3 is 5.97 Å². The molecule has 4 heteroatoms. The second-order valence-electron chi connectivity index (χ2n) is 4.19. The number of hydrogen-bond donors (Lipinski definition) is 1. The van der Waals surface area contributed by atoms with Crippen LogP contribution in [0, 0.1) is 0 Å². The molecular formula is C13H12O4. The molecule has 0 atom stereocenters. The van der Waals surface area contributed by atoms with Gasteiger partial charge in [-0.3, -0.25) is 4.79 Å². The highest BCUT2D eigenvalue weighted by molar-refractivity contribution is 5.91. The van der Waals surface area contributed by atoms with Crippen molar-refractivity contribution in [2.75, 3.05) is 0 Å².